The first-order valence-electron chi connectivity index (χ1n) is 5.61. The molecule has 0 aromatic heterocycles. The van der Waals surface area contributed by atoms with Crippen LogP contribution in [0.15, 0.2) is 22.7 Å². The van der Waals surface area contributed by atoms with Crippen molar-refractivity contribution < 1.29 is 22.8 Å². The first-order valence-corrected chi connectivity index (χ1v) is 6.40. The molecule has 0 aliphatic carbocycles. The zero-order chi connectivity index (χ0) is 15.3. The fraction of sp³-hybridized carbons (Fsp3) is 0.333. The molecular formula is C12H12BrF3N2O2. The normalized spacial score (nSPS) is 11.1. The van der Waals surface area contributed by atoms with Gasteiger partial charge in [-0.15, -0.1) is 0 Å². The van der Waals surface area contributed by atoms with Crippen molar-refractivity contribution >= 4 is 27.7 Å². The Labute approximate surface area is 121 Å². The second-order valence-corrected chi connectivity index (χ2v) is 4.84. The maximum atomic E-state index is 12.8. The predicted molar refractivity (Wildman–Crippen MR) is 70.2 cm³/mol. The molecule has 0 bridgehead atoms. The van der Waals surface area contributed by atoms with Crippen LogP contribution < -0.4 is 10.6 Å². The van der Waals surface area contributed by atoms with Gasteiger partial charge in [-0.05, 0) is 18.2 Å². The van der Waals surface area contributed by atoms with Crippen molar-refractivity contribution in [2.75, 3.05) is 13.1 Å². The van der Waals surface area contributed by atoms with Gasteiger partial charge >= 0.3 is 6.18 Å². The van der Waals surface area contributed by atoms with Gasteiger partial charge in [-0.25, -0.2) is 0 Å². The number of hydrogen-bond acceptors (Lipinski definition) is 2. The minimum absolute atomic E-state index is 0.0474. The summed E-state index contributed by atoms with van der Waals surface area (Å²) in [6.07, 6.45) is -4.62. The van der Waals surface area contributed by atoms with E-state index in [1.807, 2.05) is 0 Å². The van der Waals surface area contributed by atoms with Gasteiger partial charge in [0.15, 0.2) is 0 Å². The summed E-state index contributed by atoms with van der Waals surface area (Å²) in [5, 5.41) is 4.74. The Bertz CT molecular complexity index is 518. The fourth-order valence-corrected chi connectivity index (χ4v) is 1.82. The lowest BCUT2D eigenvalue weighted by Crippen LogP contribution is -2.34. The third-order valence-corrected chi connectivity index (χ3v) is 2.81. The predicted octanol–water partition coefficient (Wildman–Crippen LogP) is 2.33. The summed E-state index contributed by atoms with van der Waals surface area (Å²) >= 11 is 2.94. The second kappa shape index (κ2) is 6.74. The van der Waals surface area contributed by atoms with E-state index in [9.17, 15) is 22.8 Å². The Morgan fingerprint density at radius 1 is 1.20 bits per heavy atom. The molecule has 0 saturated heterocycles. The Balaban J connectivity index is 2.80. The van der Waals surface area contributed by atoms with Crippen molar-refractivity contribution in [2.45, 2.75) is 13.1 Å². The van der Waals surface area contributed by atoms with Gasteiger partial charge in [0.2, 0.25) is 5.91 Å². The molecule has 0 aliphatic rings. The largest absolute Gasteiger partial charge is 0.417 e. The zero-order valence-electron chi connectivity index (χ0n) is 10.5. The van der Waals surface area contributed by atoms with Crippen molar-refractivity contribution in [2.24, 2.45) is 0 Å². The van der Waals surface area contributed by atoms with Crippen LogP contribution in [0.25, 0.3) is 0 Å². The Hall–Kier alpha value is -1.57. The maximum Gasteiger partial charge on any atom is 0.417 e. The number of rotatable bonds is 4. The number of carbonyl (C=O) groups excluding carboxylic acids is 2. The molecule has 0 spiro atoms. The smallest absolute Gasteiger partial charge is 0.355 e. The third kappa shape index (κ3) is 4.84. The van der Waals surface area contributed by atoms with Crippen molar-refractivity contribution in [3.05, 3.63) is 33.8 Å². The summed E-state index contributed by atoms with van der Waals surface area (Å²) in [6.45, 7) is 1.50. The molecule has 2 N–H and O–H groups in total. The highest BCUT2D eigenvalue weighted by atomic mass is 79.9. The van der Waals surface area contributed by atoms with Crippen LogP contribution in [-0.4, -0.2) is 24.9 Å². The molecule has 0 unspecified atom stereocenters. The van der Waals surface area contributed by atoms with Crippen molar-refractivity contribution in [1.82, 2.24) is 10.6 Å². The SMILES string of the molecule is CC(=O)NCCNC(=O)c1ccc(Br)cc1C(F)(F)F. The van der Waals surface area contributed by atoms with E-state index in [2.05, 4.69) is 26.6 Å². The maximum absolute atomic E-state index is 12.8. The quantitative estimate of drug-likeness (QED) is 0.817. The number of alkyl halides is 3. The van der Waals surface area contributed by atoms with Gasteiger partial charge in [0.05, 0.1) is 11.1 Å². The van der Waals surface area contributed by atoms with Gasteiger partial charge in [0.1, 0.15) is 0 Å². The number of benzene rings is 1. The van der Waals surface area contributed by atoms with Crippen LogP contribution in [0, 0.1) is 0 Å². The van der Waals surface area contributed by atoms with Gasteiger partial charge < -0.3 is 10.6 Å². The molecule has 0 aliphatic heterocycles. The molecule has 1 rings (SSSR count). The minimum atomic E-state index is -4.62. The van der Waals surface area contributed by atoms with E-state index in [1.165, 1.54) is 13.0 Å². The fourth-order valence-electron chi connectivity index (χ4n) is 1.46. The minimum Gasteiger partial charge on any atom is -0.355 e. The molecule has 0 atom stereocenters. The van der Waals surface area contributed by atoms with Gasteiger partial charge in [0.25, 0.3) is 5.91 Å². The van der Waals surface area contributed by atoms with Crippen LogP contribution in [0.3, 0.4) is 0 Å². The van der Waals surface area contributed by atoms with Gasteiger partial charge in [-0.3, -0.25) is 9.59 Å². The Morgan fingerprint density at radius 2 is 1.80 bits per heavy atom. The van der Waals surface area contributed by atoms with Crippen LogP contribution in [0.1, 0.15) is 22.8 Å². The van der Waals surface area contributed by atoms with Crippen LogP contribution in [0.2, 0.25) is 0 Å². The highest BCUT2D eigenvalue weighted by Gasteiger charge is 2.35. The topological polar surface area (TPSA) is 58.2 Å². The summed E-state index contributed by atoms with van der Waals surface area (Å²) in [4.78, 5) is 22.3. The van der Waals surface area contributed by atoms with E-state index in [-0.39, 0.29) is 23.5 Å². The van der Waals surface area contributed by atoms with E-state index in [4.69, 9.17) is 0 Å². The lowest BCUT2D eigenvalue weighted by Gasteiger charge is -2.13. The third-order valence-electron chi connectivity index (χ3n) is 2.32. The number of nitrogens with one attached hydrogen (secondary N) is 2. The summed E-state index contributed by atoms with van der Waals surface area (Å²) in [5.41, 5.74) is -1.47. The van der Waals surface area contributed by atoms with Crippen molar-refractivity contribution in [1.29, 1.82) is 0 Å². The highest BCUT2D eigenvalue weighted by molar-refractivity contribution is 9.10. The summed E-state index contributed by atoms with van der Waals surface area (Å²) in [5.74, 6) is -1.12. The number of amides is 2. The first-order chi connectivity index (χ1) is 9.21. The van der Waals surface area contributed by atoms with Crippen LogP contribution in [-0.2, 0) is 11.0 Å². The van der Waals surface area contributed by atoms with E-state index < -0.39 is 23.2 Å². The first kappa shape index (κ1) is 16.5. The van der Waals surface area contributed by atoms with E-state index >= 15 is 0 Å². The van der Waals surface area contributed by atoms with E-state index in [0.29, 0.717) is 0 Å². The zero-order valence-corrected chi connectivity index (χ0v) is 12.1. The summed E-state index contributed by atoms with van der Waals surface area (Å²) in [6, 6.07) is 3.31. The highest BCUT2D eigenvalue weighted by Crippen LogP contribution is 2.33. The monoisotopic (exact) mass is 352 g/mol. The molecule has 1 aromatic carbocycles. The number of halogens is 4. The molecule has 0 fully saturated rings. The van der Waals surface area contributed by atoms with Crippen LogP contribution in [0.4, 0.5) is 13.2 Å². The second-order valence-electron chi connectivity index (χ2n) is 3.93. The summed E-state index contributed by atoms with van der Waals surface area (Å²) < 4.78 is 38.7. The molecular weight excluding hydrogens is 341 g/mol. The Morgan fingerprint density at radius 3 is 2.35 bits per heavy atom. The molecule has 8 heteroatoms. The molecule has 2 amide bonds. The summed E-state index contributed by atoms with van der Waals surface area (Å²) in [7, 11) is 0. The number of carbonyl (C=O) groups is 2. The Kier molecular flexibility index (Phi) is 5.55. The molecule has 0 radical (unpaired) electrons. The molecule has 0 saturated carbocycles. The van der Waals surface area contributed by atoms with Crippen molar-refractivity contribution in [3.63, 3.8) is 0 Å². The average molecular weight is 353 g/mol. The lowest BCUT2D eigenvalue weighted by molar-refractivity contribution is -0.138. The van der Waals surface area contributed by atoms with Gasteiger partial charge in [-0.2, -0.15) is 13.2 Å². The van der Waals surface area contributed by atoms with E-state index in [1.54, 1.807) is 0 Å². The lowest BCUT2D eigenvalue weighted by atomic mass is 10.1. The van der Waals surface area contributed by atoms with Crippen molar-refractivity contribution in [3.8, 4) is 0 Å². The molecule has 110 valence electrons. The molecule has 4 nitrogen and oxygen atoms in total. The standard InChI is InChI=1S/C12H12BrF3N2O2/c1-7(19)17-4-5-18-11(20)9-3-2-8(13)6-10(9)12(14,15)16/h2-3,6H,4-5H2,1H3,(H,17,19)(H,18,20). The van der Waals surface area contributed by atoms with Gasteiger partial charge in [-0.1, -0.05) is 15.9 Å². The molecule has 0 heterocycles. The number of hydrogen-bond donors (Lipinski definition) is 2. The molecule has 20 heavy (non-hydrogen) atoms. The van der Waals surface area contributed by atoms with Crippen LogP contribution in [0.5, 0.6) is 0 Å². The average Bonchev–Trinajstić information content (AvgIpc) is 2.33. The molecule has 1 aromatic rings. The van der Waals surface area contributed by atoms with E-state index in [0.717, 1.165) is 12.1 Å². The van der Waals surface area contributed by atoms with Gasteiger partial charge in [0, 0.05) is 24.5 Å². The van der Waals surface area contributed by atoms with Crippen LogP contribution >= 0.6 is 15.9 Å².